The summed E-state index contributed by atoms with van der Waals surface area (Å²) in [4.78, 5) is 4.09. The molecule has 0 aliphatic rings. The summed E-state index contributed by atoms with van der Waals surface area (Å²) in [6, 6.07) is 3.92. The zero-order valence-electron chi connectivity index (χ0n) is 9.84. The molecule has 0 aliphatic heterocycles. The molecule has 17 heavy (non-hydrogen) atoms. The van der Waals surface area contributed by atoms with Crippen LogP contribution in [0.25, 0.3) is 0 Å². The van der Waals surface area contributed by atoms with Crippen LogP contribution in [0.4, 0.5) is 0 Å². The fraction of sp³-hybridized carbons (Fsp3) is 0.333. The third-order valence-corrected chi connectivity index (χ3v) is 3.23. The average molecular weight is 295 g/mol. The molecule has 1 atom stereocenters. The topological polar surface area (TPSA) is 56.7 Å². The van der Waals surface area contributed by atoms with Crippen molar-refractivity contribution < 1.29 is 0 Å². The molecule has 0 fully saturated rings. The van der Waals surface area contributed by atoms with Crippen molar-refractivity contribution in [1.82, 2.24) is 14.8 Å². The molecule has 0 saturated carbocycles. The summed E-state index contributed by atoms with van der Waals surface area (Å²) in [7, 11) is 0. The number of aromatic nitrogens is 3. The second-order valence-electron chi connectivity index (χ2n) is 4.18. The predicted octanol–water partition coefficient (Wildman–Crippen LogP) is 2.67. The van der Waals surface area contributed by atoms with Crippen molar-refractivity contribution in [2.45, 2.75) is 25.9 Å². The molecule has 5 heteroatoms. The monoisotopic (exact) mass is 294 g/mol. The molecule has 2 aromatic rings. The van der Waals surface area contributed by atoms with Gasteiger partial charge in [0, 0.05) is 18.4 Å². The molecule has 90 valence electrons. The van der Waals surface area contributed by atoms with Crippen molar-refractivity contribution in [2.75, 3.05) is 0 Å². The maximum absolute atomic E-state index is 6.27. The standard InChI is InChI=1S/C12H15BrN4/c1-8(2)17-12(10(13)7-16-17)11(14)9-4-3-5-15-6-9/h3-8,11H,14H2,1-2H3. The Hall–Kier alpha value is -1.20. The largest absolute Gasteiger partial charge is 0.319 e. The van der Waals surface area contributed by atoms with E-state index in [4.69, 9.17) is 5.73 Å². The van der Waals surface area contributed by atoms with E-state index in [1.165, 1.54) is 0 Å². The zero-order chi connectivity index (χ0) is 12.4. The number of hydrogen-bond donors (Lipinski definition) is 1. The molecule has 4 nitrogen and oxygen atoms in total. The average Bonchev–Trinajstić information content (AvgIpc) is 2.71. The van der Waals surface area contributed by atoms with Crippen molar-refractivity contribution in [3.63, 3.8) is 0 Å². The molecule has 0 aromatic carbocycles. The SMILES string of the molecule is CC(C)n1ncc(Br)c1C(N)c1cccnc1. The quantitative estimate of drug-likeness (QED) is 0.947. The molecule has 0 amide bonds. The van der Waals surface area contributed by atoms with E-state index in [1.807, 2.05) is 16.8 Å². The highest BCUT2D eigenvalue weighted by Crippen LogP contribution is 2.28. The van der Waals surface area contributed by atoms with Crippen LogP contribution in [0.5, 0.6) is 0 Å². The number of hydrogen-bond acceptors (Lipinski definition) is 3. The van der Waals surface area contributed by atoms with Crippen molar-refractivity contribution >= 4 is 15.9 Å². The summed E-state index contributed by atoms with van der Waals surface area (Å²) < 4.78 is 2.87. The molecule has 1 unspecified atom stereocenters. The Morgan fingerprint density at radius 3 is 2.71 bits per heavy atom. The van der Waals surface area contributed by atoms with Crippen LogP contribution in [0.1, 0.15) is 37.2 Å². The third kappa shape index (κ3) is 2.40. The Morgan fingerprint density at radius 1 is 1.35 bits per heavy atom. The summed E-state index contributed by atoms with van der Waals surface area (Å²) in [5.74, 6) is 0. The van der Waals surface area contributed by atoms with Crippen LogP contribution in [0.3, 0.4) is 0 Å². The van der Waals surface area contributed by atoms with Gasteiger partial charge in [-0.05, 0) is 41.4 Å². The summed E-state index contributed by atoms with van der Waals surface area (Å²) in [5.41, 5.74) is 8.23. The number of pyridine rings is 1. The van der Waals surface area contributed by atoms with Crippen molar-refractivity contribution in [3.05, 3.63) is 46.5 Å². The molecule has 2 rings (SSSR count). The fourth-order valence-corrected chi connectivity index (χ4v) is 2.29. The number of rotatable bonds is 3. The van der Waals surface area contributed by atoms with Gasteiger partial charge in [-0.15, -0.1) is 0 Å². The highest BCUT2D eigenvalue weighted by molar-refractivity contribution is 9.10. The maximum Gasteiger partial charge on any atom is 0.0749 e. The minimum Gasteiger partial charge on any atom is -0.319 e. The smallest absolute Gasteiger partial charge is 0.0749 e. The second-order valence-corrected chi connectivity index (χ2v) is 5.03. The van der Waals surface area contributed by atoms with Gasteiger partial charge < -0.3 is 5.73 Å². The first-order valence-corrected chi connectivity index (χ1v) is 6.29. The fourth-order valence-electron chi connectivity index (χ4n) is 1.77. The first kappa shape index (κ1) is 12.3. The third-order valence-electron chi connectivity index (χ3n) is 2.61. The van der Waals surface area contributed by atoms with Crippen molar-refractivity contribution in [1.29, 1.82) is 0 Å². The Labute approximate surface area is 109 Å². The minimum absolute atomic E-state index is 0.219. The maximum atomic E-state index is 6.27. The van der Waals surface area contributed by atoms with Gasteiger partial charge in [-0.2, -0.15) is 5.10 Å². The molecular formula is C12H15BrN4. The van der Waals surface area contributed by atoms with Gasteiger partial charge >= 0.3 is 0 Å². The molecule has 0 bridgehead atoms. The number of nitrogens with two attached hydrogens (primary N) is 1. The molecule has 0 radical (unpaired) electrons. The van der Waals surface area contributed by atoms with Crippen LogP contribution in [-0.4, -0.2) is 14.8 Å². The Kier molecular flexibility index (Phi) is 3.59. The van der Waals surface area contributed by atoms with E-state index >= 15 is 0 Å². The van der Waals surface area contributed by atoms with Gasteiger partial charge in [-0.1, -0.05) is 6.07 Å². The Bertz CT molecular complexity index is 492. The molecule has 2 N–H and O–H groups in total. The summed E-state index contributed by atoms with van der Waals surface area (Å²) >= 11 is 3.50. The van der Waals surface area contributed by atoms with E-state index in [0.717, 1.165) is 15.7 Å². The van der Waals surface area contributed by atoms with Crippen LogP contribution < -0.4 is 5.73 Å². The molecule has 2 heterocycles. The lowest BCUT2D eigenvalue weighted by atomic mass is 10.1. The van der Waals surface area contributed by atoms with Gasteiger partial charge in [-0.25, -0.2) is 0 Å². The molecular weight excluding hydrogens is 280 g/mol. The molecule has 0 aliphatic carbocycles. The minimum atomic E-state index is -0.219. The van der Waals surface area contributed by atoms with Gasteiger partial charge in [-0.3, -0.25) is 9.67 Å². The van der Waals surface area contributed by atoms with Crippen molar-refractivity contribution in [3.8, 4) is 0 Å². The van der Waals surface area contributed by atoms with Crippen LogP contribution in [0.2, 0.25) is 0 Å². The van der Waals surface area contributed by atoms with E-state index in [0.29, 0.717) is 0 Å². The van der Waals surface area contributed by atoms with Gasteiger partial charge in [0.05, 0.1) is 22.4 Å². The van der Waals surface area contributed by atoms with E-state index < -0.39 is 0 Å². The van der Waals surface area contributed by atoms with Crippen LogP contribution >= 0.6 is 15.9 Å². The van der Waals surface area contributed by atoms with Crippen LogP contribution in [0, 0.1) is 0 Å². The number of nitrogens with zero attached hydrogens (tertiary/aromatic N) is 3. The lowest BCUT2D eigenvalue weighted by Gasteiger charge is -2.17. The van der Waals surface area contributed by atoms with E-state index in [1.54, 1.807) is 18.6 Å². The van der Waals surface area contributed by atoms with Crippen LogP contribution in [0.15, 0.2) is 35.2 Å². The summed E-state index contributed by atoms with van der Waals surface area (Å²) in [6.07, 6.45) is 5.31. The first-order valence-electron chi connectivity index (χ1n) is 5.49. The molecule has 0 spiro atoms. The molecule has 0 saturated heterocycles. The normalized spacial score (nSPS) is 13.0. The van der Waals surface area contributed by atoms with E-state index in [9.17, 15) is 0 Å². The number of halogens is 1. The van der Waals surface area contributed by atoms with Gasteiger partial charge in [0.15, 0.2) is 0 Å². The lowest BCUT2D eigenvalue weighted by Crippen LogP contribution is -2.19. The van der Waals surface area contributed by atoms with E-state index in [2.05, 4.69) is 39.9 Å². The zero-order valence-corrected chi connectivity index (χ0v) is 11.4. The second kappa shape index (κ2) is 4.98. The van der Waals surface area contributed by atoms with E-state index in [-0.39, 0.29) is 12.1 Å². The van der Waals surface area contributed by atoms with Crippen molar-refractivity contribution in [2.24, 2.45) is 5.73 Å². The molecule has 2 aromatic heterocycles. The summed E-state index contributed by atoms with van der Waals surface area (Å²) in [6.45, 7) is 4.16. The predicted molar refractivity (Wildman–Crippen MR) is 70.6 cm³/mol. The first-order chi connectivity index (χ1) is 8.11. The Morgan fingerprint density at radius 2 is 2.12 bits per heavy atom. The highest BCUT2D eigenvalue weighted by atomic mass is 79.9. The van der Waals surface area contributed by atoms with Gasteiger partial charge in [0.2, 0.25) is 0 Å². The van der Waals surface area contributed by atoms with Gasteiger partial charge in [0.25, 0.3) is 0 Å². The van der Waals surface area contributed by atoms with Gasteiger partial charge in [0.1, 0.15) is 0 Å². The van der Waals surface area contributed by atoms with Crippen LogP contribution in [-0.2, 0) is 0 Å². The highest BCUT2D eigenvalue weighted by Gasteiger charge is 2.19. The Balaban J connectivity index is 2.43. The summed E-state index contributed by atoms with van der Waals surface area (Å²) in [5, 5.41) is 4.33. The lowest BCUT2D eigenvalue weighted by molar-refractivity contribution is 0.498.